The molecule has 0 N–H and O–H groups in total. The van der Waals surface area contributed by atoms with Gasteiger partial charge in [-0.05, 0) is 0 Å². The van der Waals surface area contributed by atoms with Gasteiger partial charge in [0.15, 0.2) is 0 Å². The SMILES string of the molecule is C=CC=CCN1CCOCC1. The first kappa shape index (κ1) is 8.50. The van der Waals surface area contributed by atoms with Crippen LogP contribution in [0.1, 0.15) is 0 Å². The summed E-state index contributed by atoms with van der Waals surface area (Å²) in [5.74, 6) is 0. The van der Waals surface area contributed by atoms with Crippen LogP contribution in [0.25, 0.3) is 0 Å². The fraction of sp³-hybridized carbons (Fsp3) is 0.556. The molecule has 0 aliphatic carbocycles. The molecular weight excluding hydrogens is 138 g/mol. The molecule has 0 aromatic heterocycles. The maximum atomic E-state index is 5.22. The highest BCUT2D eigenvalue weighted by Gasteiger charge is 2.06. The number of morpholine rings is 1. The summed E-state index contributed by atoms with van der Waals surface area (Å²) in [6.45, 7) is 8.50. The average Bonchev–Trinajstić information content (AvgIpc) is 2.07. The second-order valence-corrected chi connectivity index (χ2v) is 2.58. The summed E-state index contributed by atoms with van der Waals surface area (Å²) in [6, 6.07) is 0. The summed E-state index contributed by atoms with van der Waals surface area (Å²) >= 11 is 0. The highest BCUT2D eigenvalue weighted by atomic mass is 16.5. The zero-order valence-electron chi connectivity index (χ0n) is 6.83. The van der Waals surface area contributed by atoms with Crippen molar-refractivity contribution in [2.75, 3.05) is 32.8 Å². The van der Waals surface area contributed by atoms with E-state index < -0.39 is 0 Å². The van der Waals surface area contributed by atoms with Gasteiger partial charge in [-0.3, -0.25) is 4.90 Å². The van der Waals surface area contributed by atoms with Crippen molar-refractivity contribution < 1.29 is 4.74 Å². The first-order valence-corrected chi connectivity index (χ1v) is 4.01. The molecule has 0 unspecified atom stereocenters. The Labute approximate surface area is 68.1 Å². The van der Waals surface area contributed by atoms with Crippen LogP contribution in [0.4, 0.5) is 0 Å². The van der Waals surface area contributed by atoms with Crippen LogP contribution in [0.15, 0.2) is 24.8 Å². The minimum atomic E-state index is 0.877. The van der Waals surface area contributed by atoms with Gasteiger partial charge in [-0.1, -0.05) is 24.8 Å². The van der Waals surface area contributed by atoms with Gasteiger partial charge >= 0.3 is 0 Å². The molecule has 0 amide bonds. The van der Waals surface area contributed by atoms with E-state index in [0.29, 0.717) is 0 Å². The van der Waals surface area contributed by atoms with Crippen LogP contribution in [-0.4, -0.2) is 37.7 Å². The quantitative estimate of drug-likeness (QED) is 0.562. The Morgan fingerprint density at radius 3 is 2.73 bits per heavy atom. The lowest BCUT2D eigenvalue weighted by atomic mass is 10.4. The second-order valence-electron chi connectivity index (χ2n) is 2.58. The second kappa shape index (κ2) is 5.10. The molecular formula is C9H15NO. The van der Waals surface area contributed by atoms with Gasteiger partial charge in [0.2, 0.25) is 0 Å². The summed E-state index contributed by atoms with van der Waals surface area (Å²) in [5, 5.41) is 0. The molecule has 1 heterocycles. The van der Waals surface area contributed by atoms with Crippen LogP contribution in [0.2, 0.25) is 0 Å². The van der Waals surface area contributed by atoms with Gasteiger partial charge in [0.1, 0.15) is 0 Å². The summed E-state index contributed by atoms with van der Waals surface area (Å²) in [5.41, 5.74) is 0. The molecule has 2 heteroatoms. The topological polar surface area (TPSA) is 12.5 Å². The maximum Gasteiger partial charge on any atom is 0.0594 e. The van der Waals surface area contributed by atoms with Gasteiger partial charge in [0, 0.05) is 19.6 Å². The monoisotopic (exact) mass is 153 g/mol. The highest BCUT2D eigenvalue weighted by Crippen LogP contribution is 1.95. The lowest BCUT2D eigenvalue weighted by molar-refractivity contribution is 0.0434. The van der Waals surface area contributed by atoms with Crippen molar-refractivity contribution in [1.29, 1.82) is 0 Å². The van der Waals surface area contributed by atoms with Crippen LogP contribution in [0.3, 0.4) is 0 Å². The van der Waals surface area contributed by atoms with Crippen LogP contribution in [-0.2, 0) is 4.74 Å². The zero-order valence-corrected chi connectivity index (χ0v) is 6.83. The van der Waals surface area contributed by atoms with Crippen molar-refractivity contribution >= 4 is 0 Å². The Morgan fingerprint density at radius 1 is 1.36 bits per heavy atom. The number of allylic oxidation sites excluding steroid dienone is 2. The van der Waals surface area contributed by atoms with E-state index >= 15 is 0 Å². The minimum absolute atomic E-state index is 0.877. The van der Waals surface area contributed by atoms with E-state index in [1.54, 1.807) is 6.08 Å². The largest absolute Gasteiger partial charge is 0.379 e. The lowest BCUT2D eigenvalue weighted by Gasteiger charge is -2.24. The van der Waals surface area contributed by atoms with Crippen LogP contribution in [0, 0.1) is 0 Å². The van der Waals surface area contributed by atoms with Crippen LogP contribution < -0.4 is 0 Å². The van der Waals surface area contributed by atoms with Gasteiger partial charge in [-0.2, -0.15) is 0 Å². The summed E-state index contributed by atoms with van der Waals surface area (Å²) in [4.78, 5) is 2.36. The molecule has 1 fully saturated rings. The Bertz CT molecular complexity index is 136. The first-order valence-electron chi connectivity index (χ1n) is 4.01. The van der Waals surface area contributed by atoms with Crippen LogP contribution in [0.5, 0.6) is 0 Å². The Morgan fingerprint density at radius 2 is 2.09 bits per heavy atom. The molecule has 11 heavy (non-hydrogen) atoms. The van der Waals surface area contributed by atoms with Crippen molar-refractivity contribution in [3.63, 3.8) is 0 Å². The predicted octanol–water partition coefficient (Wildman–Crippen LogP) is 1.06. The highest BCUT2D eigenvalue weighted by molar-refractivity contribution is 4.98. The zero-order chi connectivity index (χ0) is 7.94. The van der Waals surface area contributed by atoms with Crippen molar-refractivity contribution in [3.8, 4) is 0 Å². The maximum absolute atomic E-state index is 5.22. The van der Waals surface area contributed by atoms with Crippen molar-refractivity contribution in [3.05, 3.63) is 24.8 Å². The number of rotatable bonds is 3. The average molecular weight is 153 g/mol. The van der Waals surface area contributed by atoms with Crippen molar-refractivity contribution in [2.24, 2.45) is 0 Å². The number of hydrogen-bond acceptors (Lipinski definition) is 2. The standard InChI is InChI=1S/C9H15NO/c1-2-3-4-5-10-6-8-11-9-7-10/h2-4H,1,5-9H2. The third-order valence-corrected chi connectivity index (χ3v) is 1.74. The van der Waals surface area contributed by atoms with Gasteiger partial charge in [0.05, 0.1) is 13.2 Å². The first-order chi connectivity index (χ1) is 5.43. The van der Waals surface area contributed by atoms with Crippen molar-refractivity contribution in [1.82, 2.24) is 4.90 Å². The van der Waals surface area contributed by atoms with E-state index in [1.807, 2.05) is 6.08 Å². The molecule has 2 nitrogen and oxygen atoms in total. The molecule has 0 atom stereocenters. The predicted molar refractivity (Wildman–Crippen MR) is 46.6 cm³/mol. The molecule has 1 rings (SSSR count). The molecule has 62 valence electrons. The molecule has 0 bridgehead atoms. The lowest BCUT2D eigenvalue weighted by Crippen LogP contribution is -2.36. The van der Waals surface area contributed by atoms with E-state index in [-0.39, 0.29) is 0 Å². The fourth-order valence-electron chi connectivity index (χ4n) is 1.09. The molecule has 0 aromatic rings. The van der Waals surface area contributed by atoms with Gasteiger partial charge < -0.3 is 4.74 Å². The molecule has 0 aromatic carbocycles. The van der Waals surface area contributed by atoms with Crippen molar-refractivity contribution in [2.45, 2.75) is 0 Å². The normalized spacial score (nSPS) is 20.7. The third-order valence-electron chi connectivity index (χ3n) is 1.74. The molecule has 0 spiro atoms. The van der Waals surface area contributed by atoms with Gasteiger partial charge in [-0.25, -0.2) is 0 Å². The number of hydrogen-bond donors (Lipinski definition) is 0. The van der Waals surface area contributed by atoms with E-state index in [2.05, 4.69) is 17.6 Å². The summed E-state index contributed by atoms with van der Waals surface area (Å²) < 4.78 is 5.22. The van der Waals surface area contributed by atoms with E-state index in [4.69, 9.17) is 4.74 Å². The Balaban J connectivity index is 2.14. The fourth-order valence-corrected chi connectivity index (χ4v) is 1.09. The minimum Gasteiger partial charge on any atom is -0.379 e. The third kappa shape index (κ3) is 3.35. The van der Waals surface area contributed by atoms with E-state index in [0.717, 1.165) is 32.8 Å². The van der Waals surface area contributed by atoms with Crippen LogP contribution >= 0.6 is 0 Å². The smallest absolute Gasteiger partial charge is 0.0594 e. The van der Waals surface area contributed by atoms with Gasteiger partial charge in [-0.15, -0.1) is 0 Å². The van der Waals surface area contributed by atoms with E-state index in [1.165, 1.54) is 0 Å². The van der Waals surface area contributed by atoms with E-state index in [9.17, 15) is 0 Å². The molecule has 0 radical (unpaired) electrons. The summed E-state index contributed by atoms with van der Waals surface area (Å²) in [7, 11) is 0. The summed E-state index contributed by atoms with van der Waals surface area (Å²) in [6.07, 6.45) is 5.91. The number of nitrogens with zero attached hydrogens (tertiary/aromatic N) is 1. The van der Waals surface area contributed by atoms with Gasteiger partial charge in [0.25, 0.3) is 0 Å². The molecule has 1 saturated heterocycles. The number of ether oxygens (including phenoxy) is 1. The molecule has 1 aliphatic heterocycles. The Hall–Kier alpha value is -0.600. The molecule has 0 saturated carbocycles. The molecule has 1 aliphatic rings. The Kier molecular flexibility index (Phi) is 3.94.